The van der Waals surface area contributed by atoms with Crippen LogP contribution in [0.4, 0.5) is 13.2 Å². The SMILES string of the molecule is O=S(=O)(OCC1CN(C(c2ccccc2)(c2ccccc2)c2ccccc2)CCO1)C(F)(F)F. The standard InChI is InChI=1S/C25H24F3NO4S/c26-25(27,28)34(30,31)33-19-23-18-29(16-17-32-23)24(20-10-4-1-5-11-20,21-12-6-2-7-13-21)22-14-8-3-9-15-22/h1-15,23H,16-19H2. The summed E-state index contributed by atoms with van der Waals surface area (Å²) in [6.07, 6.45) is -0.874. The van der Waals surface area contributed by atoms with Crippen LogP contribution in [0.2, 0.25) is 0 Å². The van der Waals surface area contributed by atoms with E-state index in [1.54, 1.807) is 0 Å². The minimum Gasteiger partial charge on any atom is -0.373 e. The van der Waals surface area contributed by atoms with Gasteiger partial charge in [0.2, 0.25) is 0 Å². The molecule has 0 saturated carbocycles. The van der Waals surface area contributed by atoms with E-state index in [9.17, 15) is 21.6 Å². The van der Waals surface area contributed by atoms with Crippen molar-refractivity contribution in [1.82, 2.24) is 4.90 Å². The average molecular weight is 492 g/mol. The van der Waals surface area contributed by atoms with Crippen LogP contribution in [0.25, 0.3) is 0 Å². The van der Waals surface area contributed by atoms with Crippen molar-refractivity contribution in [3.05, 3.63) is 108 Å². The van der Waals surface area contributed by atoms with Gasteiger partial charge in [0.15, 0.2) is 0 Å². The first-order valence-corrected chi connectivity index (χ1v) is 12.1. The molecule has 0 aliphatic carbocycles. The number of nitrogens with zero attached hydrogens (tertiary/aromatic N) is 1. The van der Waals surface area contributed by atoms with Gasteiger partial charge in [0.1, 0.15) is 0 Å². The van der Waals surface area contributed by atoms with Crippen molar-refractivity contribution in [3.8, 4) is 0 Å². The summed E-state index contributed by atoms with van der Waals surface area (Å²) >= 11 is 0. The van der Waals surface area contributed by atoms with E-state index >= 15 is 0 Å². The molecule has 0 amide bonds. The highest BCUT2D eigenvalue weighted by Gasteiger charge is 2.48. The van der Waals surface area contributed by atoms with Gasteiger partial charge in [0.25, 0.3) is 0 Å². The molecule has 0 N–H and O–H groups in total. The van der Waals surface area contributed by atoms with Crippen LogP contribution in [0.5, 0.6) is 0 Å². The summed E-state index contributed by atoms with van der Waals surface area (Å²) in [4.78, 5) is 2.12. The molecule has 1 saturated heterocycles. The Hall–Kier alpha value is -2.72. The molecular weight excluding hydrogens is 467 g/mol. The number of alkyl halides is 3. The van der Waals surface area contributed by atoms with E-state index in [0.717, 1.165) is 16.7 Å². The lowest BCUT2D eigenvalue weighted by Crippen LogP contribution is -2.56. The molecular formula is C25H24F3NO4S. The molecule has 1 atom stereocenters. The molecule has 34 heavy (non-hydrogen) atoms. The summed E-state index contributed by atoms with van der Waals surface area (Å²) in [6.45, 7) is 0.106. The Morgan fingerprint density at radius 2 is 1.26 bits per heavy atom. The number of hydrogen-bond donors (Lipinski definition) is 0. The van der Waals surface area contributed by atoms with Crippen molar-refractivity contribution >= 4 is 10.1 Å². The number of benzene rings is 3. The van der Waals surface area contributed by atoms with Gasteiger partial charge in [-0.15, -0.1) is 0 Å². The zero-order chi connectivity index (χ0) is 24.2. The highest BCUT2D eigenvalue weighted by atomic mass is 32.2. The van der Waals surface area contributed by atoms with Gasteiger partial charge in [0, 0.05) is 13.1 Å². The fraction of sp³-hybridized carbons (Fsp3) is 0.280. The van der Waals surface area contributed by atoms with E-state index in [4.69, 9.17) is 4.74 Å². The Morgan fingerprint density at radius 1 is 0.824 bits per heavy atom. The second-order valence-corrected chi connectivity index (χ2v) is 9.54. The summed E-state index contributed by atoms with van der Waals surface area (Å²) in [5.41, 5.74) is -3.36. The van der Waals surface area contributed by atoms with Crippen LogP contribution in [0.3, 0.4) is 0 Å². The topological polar surface area (TPSA) is 55.8 Å². The summed E-state index contributed by atoms with van der Waals surface area (Å²) in [6, 6.07) is 29.4. The molecule has 0 radical (unpaired) electrons. The van der Waals surface area contributed by atoms with Crippen molar-refractivity contribution in [2.45, 2.75) is 17.2 Å². The lowest BCUT2D eigenvalue weighted by atomic mass is 9.75. The third-order valence-corrected chi connectivity index (χ3v) is 6.89. The third-order valence-electron chi connectivity index (χ3n) is 5.88. The Labute approximate surface area is 196 Å². The van der Waals surface area contributed by atoms with Gasteiger partial charge in [0.05, 0.1) is 24.9 Å². The molecule has 1 aliphatic rings. The Balaban J connectivity index is 1.77. The summed E-state index contributed by atoms with van der Waals surface area (Å²) in [5.74, 6) is 0. The fourth-order valence-electron chi connectivity index (χ4n) is 4.44. The highest BCUT2D eigenvalue weighted by Crippen LogP contribution is 2.43. The Kier molecular flexibility index (Phi) is 7.09. The van der Waals surface area contributed by atoms with Crippen LogP contribution in [-0.4, -0.2) is 51.2 Å². The first-order chi connectivity index (χ1) is 16.2. The van der Waals surface area contributed by atoms with Crippen LogP contribution >= 0.6 is 0 Å². The summed E-state index contributed by atoms with van der Waals surface area (Å²) in [5, 5.41) is 0. The molecule has 1 aliphatic heterocycles. The zero-order valence-electron chi connectivity index (χ0n) is 18.2. The van der Waals surface area contributed by atoms with E-state index in [0.29, 0.717) is 6.54 Å². The predicted molar refractivity (Wildman–Crippen MR) is 121 cm³/mol. The number of halogens is 3. The molecule has 180 valence electrons. The molecule has 1 unspecified atom stereocenters. The van der Waals surface area contributed by atoms with Crippen LogP contribution in [0, 0.1) is 0 Å². The van der Waals surface area contributed by atoms with Crippen molar-refractivity contribution in [2.75, 3.05) is 26.3 Å². The molecule has 0 aromatic heterocycles. The number of ether oxygens (including phenoxy) is 1. The van der Waals surface area contributed by atoms with E-state index in [-0.39, 0.29) is 13.2 Å². The summed E-state index contributed by atoms with van der Waals surface area (Å²) in [7, 11) is -5.71. The molecule has 3 aromatic carbocycles. The van der Waals surface area contributed by atoms with E-state index < -0.39 is 33.9 Å². The van der Waals surface area contributed by atoms with Crippen LogP contribution < -0.4 is 0 Å². The van der Waals surface area contributed by atoms with Gasteiger partial charge < -0.3 is 4.74 Å². The third kappa shape index (κ3) is 4.74. The fourth-order valence-corrected chi connectivity index (χ4v) is 4.91. The monoisotopic (exact) mass is 491 g/mol. The van der Waals surface area contributed by atoms with Gasteiger partial charge in [-0.1, -0.05) is 91.0 Å². The van der Waals surface area contributed by atoms with Gasteiger partial charge in [-0.05, 0) is 16.7 Å². The van der Waals surface area contributed by atoms with Gasteiger partial charge in [-0.2, -0.15) is 21.6 Å². The lowest BCUT2D eigenvalue weighted by molar-refractivity contribution is -0.0799. The molecule has 0 spiro atoms. The van der Waals surface area contributed by atoms with Crippen LogP contribution in [-0.2, 0) is 24.6 Å². The van der Waals surface area contributed by atoms with Gasteiger partial charge in [-0.3, -0.25) is 9.08 Å². The highest BCUT2D eigenvalue weighted by molar-refractivity contribution is 7.87. The number of hydrogen-bond acceptors (Lipinski definition) is 5. The van der Waals surface area contributed by atoms with Crippen molar-refractivity contribution in [2.24, 2.45) is 0 Å². The van der Waals surface area contributed by atoms with Gasteiger partial charge >= 0.3 is 15.6 Å². The first-order valence-electron chi connectivity index (χ1n) is 10.7. The van der Waals surface area contributed by atoms with E-state index in [1.165, 1.54) is 0 Å². The van der Waals surface area contributed by atoms with Crippen molar-refractivity contribution in [3.63, 3.8) is 0 Å². The number of morpholine rings is 1. The van der Waals surface area contributed by atoms with Crippen molar-refractivity contribution in [1.29, 1.82) is 0 Å². The maximum absolute atomic E-state index is 12.8. The molecule has 1 fully saturated rings. The Morgan fingerprint density at radius 3 is 1.68 bits per heavy atom. The van der Waals surface area contributed by atoms with E-state index in [2.05, 4.69) is 9.08 Å². The second-order valence-electron chi connectivity index (χ2n) is 7.93. The first kappa shape index (κ1) is 24.4. The van der Waals surface area contributed by atoms with Crippen molar-refractivity contribution < 1.29 is 30.5 Å². The predicted octanol–water partition coefficient (Wildman–Crippen LogP) is 4.55. The normalized spacial score (nSPS) is 18.0. The van der Waals surface area contributed by atoms with E-state index in [1.807, 2.05) is 91.0 Å². The molecule has 1 heterocycles. The minimum atomic E-state index is -5.71. The van der Waals surface area contributed by atoms with Crippen LogP contribution in [0.1, 0.15) is 16.7 Å². The molecule has 3 aromatic rings. The summed E-state index contributed by atoms with van der Waals surface area (Å²) < 4.78 is 71.0. The molecule has 5 nitrogen and oxygen atoms in total. The molecule has 0 bridgehead atoms. The number of rotatable bonds is 7. The maximum atomic E-state index is 12.8. The smallest absolute Gasteiger partial charge is 0.373 e. The minimum absolute atomic E-state index is 0.159. The second kappa shape index (κ2) is 9.87. The maximum Gasteiger partial charge on any atom is 0.523 e. The molecule has 4 rings (SSSR count). The molecule has 9 heteroatoms. The van der Waals surface area contributed by atoms with Crippen LogP contribution in [0.15, 0.2) is 91.0 Å². The van der Waals surface area contributed by atoms with Gasteiger partial charge in [-0.25, -0.2) is 0 Å². The largest absolute Gasteiger partial charge is 0.523 e. The Bertz CT molecular complexity index is 1080. The zero-order valence-corrected chi connectivity index (χ0v) is 19.0. The average Bonchev–Trinajstić information content (AvgIpc) is 2.85. The lowest BCUT2D eigenvalue weighted by Gasteiger charge is -2.48. The quantitative estimate of drug-likeness (QED) is 0.276.